The maximum Gasteiger partial charge on any atom is 0.322 e. The van der Waals surface area contributed by atoms with E-state index in [4.69, 9.17) is 5.11 Å². The van der Waals surface area contributed by atoms with Crippen LogP contribution in [0.4, 0.5) is 8.78 Å². The summed E-state index contributed by atoms with van der Waals surface area (Å²) in [6, 6.07) is -0.522. The van der Waals surface area contributed by atoms with Crippen molar-refractivity contribution in [2.24, 2.45) is 11.8 Å². The van der Waals surface area contributed by atoms with Gasteiger partial charge >= 0.3 is 11.9 Å². The molecular formula is C9H11F2NO3. The van der Waals surface area contributed by atoms with Crippen LogP contribution in [0.5, 0.6) is 0 Å². The minimum atomic E-state index is -3.40. The number of nitrogens with zero attached hydrogens (tertiary/aromatic N) is 1. The highest BCUT2D eigenvalue weighted by Crippen LogP contribution is 2.47. The number of hydrogen-bond acceptors (Lipinski definition) is 2. The monoisotopic (exact) mass is 219 g/mol. The van der Waals surface area contributed by atoms with Gasteiger partial charge in [-0.05, 0) is 12.3 Å². The van der Waals surface area contributed by atoms with Crippen LogP contribution >= 0.6 is 0 Å². The van der Waals surface area contributed by atoms with Crippen molar-refractivity contribution in [3.63, 3.8) is 0 Å². The standard InChI is InChI=1S/C9H11F2NO3/c1-9(10,11)8(15)12-3-4-2-5(12)6(4)7(13)14/h4-6H,2-3H2,1H3,(H,13,14). The van der Waals surface area contributed by atoms with Crippen molar-refractivity contribution in [3.8, 4) is 0 Å². The van der Waals surface area contributed by atoms with E-state index >= 15 is 0 Å². The highest BCUT2D eigenvalue weighted by atomic mass is 19.3. The Labute approximate surface area is 84.9 Å². The Hall–Kier alpha value is -1.20. The van der Waals surface area contributed by atoms with Gasteiger partial charge in [0.2, 0.25) is 0 Å². The molecule has 1 saturated carbocycles. The van der Waals surface area contributed by atoms with E-state index in [0.29, 0.717) is 13.3 Å². The van der Waals surface area contributed by atoms with E-state index in [1.54, 1.807) is 0 Å². The van der Waals surface area contributed by atoms with Gasteiger partial charge in [-0.25, -0.2) is 0 Å². The third-order valence-corrected chi connectivity index (χ3v) is 3.22. The van der Waals surface area contributed by atoms with Gasteiger partial charge in [0.25, 0.3) is 5.91 Å². The predicted octanol–water partition coefficient (Wildman–Crippen LogP) is 0.573. The average Bonchev–Trinajstić information content (AvgIpc) is 2.55. The minimum absolute atomic E-state index is 0.140. The number of rotatable bonds is 2. The molecule has 2 heterocycles. The number of carbonyl (C=O) groups is 2. The van der Waals surface area contributed by atoms with E-state index in [1.165, 1.54) is 0 Å². The molecule has 0 aromatic heterocycles. The number of carboxylic acids is 1. The molecule has 4 nitrogen and oxygen atoms in total. The van der Waals surface area contributed by atoms with E-state index in [-0.39, 0.29) is 12.5 Å². The SMILES string of the molecule is CC(F)(F)C(=O)N1CC2CC1C2C(=O)O. The predicted molar refractivity (Wildman–Crippen MR) is 45.4 cm³/mol. The van der Waals surface area contributed by atoms with Crippen LogP contribution in [0.1, 0.15) is 13.3 Å². The first-order valence-corrected chi connectivity index (χ1v) is 4.74. The zero-order valence-electron chi connectivity index (χ0n) is 8.11. The summed E-state index contributed by atoms with van der Waals surface area (Å²) in [6.07, 6.45) is 0.540. The summed E-state index contributed by atoms with van der Waals surface area (Å²) in [6.45, 7) is 0.699. The molecule has 0 aromatic carbocycles. The third kappa shape index (κ3) is 1.39. The van der Waals surface area contributed by atoms with Gasteiger partial charge in [0.1, 0.15) is 0 Å². The lowest BCUT2D eigenvalue weighted by molar-refractivity contribution is -0.158. The Morgan fingerprint density at radius 2 is 2.07 bits per heavy atom. The Morgan fingerprint density at radius 3 is 2.47 bits per heavy atom. The average molecular weight is 219 g/mol. The van der Waals surface area contributed by atoms with E-state index < -0.39 is 29.8 Å². The summed E-state index contributed by atoms with van der Waals surface area (Å²) in [5.41, 5.74) is 0. The topological polar surface area (TPSA) is 57.6 Å². The Bertz CT molecular complexity index is 326. The molecule has 6 heteroatoms. The largest absolute Gasteiger partial charge is 0.481 e. The van der Waals surface area contributed by atoms with Crippen molar-refractivity contribution in [1.29, 1.82) is 0 Å². The molecule has 1 amide bonds. The molecule has 84 valence electrons. The smallest absolute Gasteiger partial charge is 0.322 e. The number of hydrogen-bond donors (Lipinski definition) is 1. The van der Waals surface area contributed by atoms with Gasteiger partial charge < -0.3 is 10.0 Å². The lowest BCUT2D eigenvalue weighted by atomic mass is 9.74. The van der Waals surface area contributed by atoms with Crippen molar-refractivity contribution >= 4 is 11.9 Å². The molecule has 2 aliphatic heterocycles. The fourth-order valence-corrected chi connectivity index (χ4v) is 2.47. The highest BCUT2D eigenvalue weighted by molar-refractivity contribution is 5.86. The highest BCUT2D eigenvalue weighted by Gasteiger charge is 2.59. The van der Waals surface area contributed by atoms with E-state index in [1.807, 2.05) is 0 Å². The fourth-order valence-electron chi connectivity index (χ4n) is 2.47. The second-order valence-corrected chi connectivity index (χ2v) is 4.27. The van der Waals surface area contributed by atoms with Crippen molar-refractivity contribution < 1.29 is 23.5 Å². The molecule has 3 atom stereocenters. The molecule has 1 aliphatic carbocycles. The second-order valence-electron chi connectivity index (χ2n) is 4.27. The number of alkyl halides is 2. The molecule has 1 N–H and O–H groups in total. The Morgan fingerprint density at radius 1 is 1.47 bits per heavy atom. The second kappa shape index (κ2) is 2.90. The molecular weight excluding hydrogens is 208 g/mol. The summed E-state index contributed by atoms with van der Waals surface area (Å²) < 4.78 is 25.5. The molecule has 3 rings (SSSR count). The maximum atomic E-state index is 12.7. The summed E-state index contributed by atoms with van der Waals surface area (Å²) in [7, 11) is 0. The number of fused-ring (bicyclic) bond motifs is 1. The van der Waals surface area contributed by atoms with Gasteiger partial charge in [0.15, 0.2) is 0 Å². The van der Waals surface area contributed by atoms with Crippen LogP contribution in [-0.2, 0) is 9.59 Å². The summed E-state index contributed by atoms with van der Waals surface area (Å²) >= 11 is 0. The van der Waals surface area contributed by atoms with E-state index in [0.717, 1.165) is 4.90 Å². The van der Waals surface area contributed by atoms with Gasteiger partial charge in [0, 0.05) is 19.5 Å². The van der Waals surface area contributed by atoms with Gasteiger partial charge in [-0.1, -0.05) is 0 Å². The molecule has 0 aromatic rings. The minimum Gasteiger partial charge on any atom is -0.481 e. The van der Waals surface area contributed by atoms with E-state index in [2.05, 4.69) is 0 Å². The quantitative estimate of drug-likeness (QED) is 0.738. The van der Waals surface area contributed by atoms with Crippen LogP contribution in [0.15, 0.2) is 0 Å². The third-order valence-electron chi connectivity index (χ3n) is 3.22. The summed E-state index contributed by atoms with van der Waals surface area (Å²) in [5.74, 6) is -6.43. The normalized spacial score (nSPS) is 33.8. The van der Waals surface area contributed by atoms with Crippen LogP contribution in [-0.4, -0.2) is 40.4 Å². The van der Waals surface area contributed by atoms with Crippen molar-refractivity contribution in [1.82, 2.24) is 4.90 Å². The van der Waals surface area contributed by atoms with Crippen molar-refractivity contribution in [3.05, 3.63) is 0 Å². The first-order chi connectivity index (χ1) is 6.82. The number of halogens is 2. The maximum absolute atomic E-state index is 12.7. The number of carboxylic acid groups (broad SMARTS) is 1. The molecule has 0 radical (unpaired) electrons. The van der Waals surface area contributed by atoms with Crippen LogP contribution in [0.3, 0.4) is 0 Å². The van der Waals surface area contributed by atoms with Crippen LogP contribution in [0.2, 0.25) is 0 Å². The number of aliphatic carboxylic acids is 1. The van der Waals surface area contributed by atoms with Gasteiger partial charge in [-0.2, -0.15) is 8.78 Å². The van der Waals surface area contributed by atoms with Gasteiger partial charge in [-0.3, -0.25) is 9.59 Å². The molecule has 2 saturated heterocycles. The zero-order valence-corrected chi connectivity index (χ0v) is 8.11. The first kappa shape index (κ1) is 10.3. The first-order valence-electron chi connectivity index (χ1n) is 4.74. The summed E-state index contributed by atoms with van der Waals surface area (Å²) in [5, 5.41) is 8.79. The Kier molecular flexibility index (Phi) is 1.99. The lowest BCUT2D eigenvalue weighted by Gasteiger charge is -2.33. The molecule has 3 unspecified atom stereocenters. The van der Waals surface area contributed by atoms with Gasteiger partial charge in [-0.15, -0.1) is 0 Å². The zero-order chi connectivity index (χ0) is 11.4. The van der Waals surface area contributed by atoms with Crippen LogP contribution in [0.25, 0.3) is 0 Å². The molecule has 0 spiro atoms. The Balaban J connectivity index is 2.11. The molecule has 2 bridgehead atoms. The lowest BCUT2D eigenvalue weighted by Crippen LogP contribution is -2.48. The molecule has 3 fully saturated rings. The van der Waals surface area contributed by atoms with Crippen LogP contribution in [0, 0.1) is 11.8 Å². The number of amides is 1. The van der Waals surface area contributed by atoms with Crippen molar-refractivity contribution in [2.75, 3.05) is 6.54 Å². The molecule has 15 heavy (non-hydrogen) atoms. The van der Waals surface area contributed by atoms with Crippen molar-refractivity contribution in [2.45, 2.75) is 25.3 Å². The van der Waals surface area contributed by atoms with E-state index in [9.17, 15) is 18.4 Å². The van der Waals surface area contributed by atoms with Crippen LogP contribution < -0.4 is 0 Å². The fraction of sp³-hybridized carbons (Fsp3) is 0.778. The number of carbonyl (C=O) groups excluding carboxylic acids is 1. The van der Waals surface area contributed by atoms with Gasteiger partial charge in [0.05, 0.1) is 5.92 Å². The summed E-state index contributed by atoms with van der Waals surface area (Å²) in [4.78, 5) is 23.0. The molecule has 3 aliphatic rings.